The highest BCUT2D eigenvalue weighted by atomic mass is 19.4. The van der Waals surface area contributed by atoms with Crippen molar-refractivity contribution in [3.63, 3.8) is 0 Å². The number of benzene rings is 1. The molecule has 0 radical (unpaired) electrons. The number of carbonyl (C=O) groups is 1. The van der Waals surface area contributed by atoms with Crippen LogP contribution in [0.3, 0.4) is 0 Å². The summed E-state index contributed by atoms with van der Waals surface area (Å²) < 4.78 is 40.2. The van der Waals surface area contributed by atoms with Gasteiger partial charge in [0.1, 0.15) is 0 Å². The molecule has 17 heavy (non-hydrogen) atoms. The Balaban J connectivity index is 2.49. The third kappa shape index (κ3) is 4.86. The third-order valence-corrected chi connectivity index (χ3v) is 2.04. The Morgan fingerprint density at radius 2 is 1.94 bits per heavy atom. The van der Waals surface area contributed by atoms with Crippen LogP contribution in [-0.4, -0.2) is 23.9 Å². The quantitative estimate of drug-likeness (QED) is 0.815. The van der Waals surface area contributed by atoms with Gasteiger partial charge in [-0.1, -0.05) is 18.2 Å². The lowest BCUT2D eigenvalue weighted by Crippen LogP contribution is -2.12. The maximum atomic E-state index is 11.8. The number of hydrogen-bond acceptors (Lipinski definition) is 2. The summed E-state index contributed by atoms with van der Waals surface area (Å²) >= 11 is 0. The number of alkyl halides is 3. The highest BCUT2D eigenvalue weighted by molar-refractivity contribution is 5.89. The van der Waals surface area contributed by atoms with Gasteiger partial charge in [-0.05, 0) is 11.6 Å². The van der Waals surface area contributed by atoms with Crippen LogP contribution >= 0.6 is 0 Å². The van der Waals surface area contributed by atoms with Crippen LogP contribution in [0.1, 0.15) is 22.3 Å². The predicted octanol–water partition coefficient (Wildman–Crippen LogP) is 2.85. The number of rotatable bonds is 5. The fourth-order valence-electron chi connectivity index (χ4n) is 1.22. The second-order valence-electron chi connectivity index (χ2n) is 3.38. The van der Waals surface area contributed by atoms with Gasteiger partial charge in [0.25, 0.3) is 0 Å². The molecule has 1 aromatic carbocycles. The first kappa shape index (κ1) is 13.5. The molecule has 0 amide bonds. The molecule has 0 heterocycles. The van der Waals surface area contributed by atoms with Gasteiger partial charge in [-0.3, -0.25) is 0 Å². The van der Waals surface area contributed by atoms with Crippen molar-refractivity contribution < 1.29 is 27.8 Å². The van der Waals surface area contributed by atoms with Crippen molar-refractivity contribution >= 4 is 5.97 Å². The number of ether oxygens (including phenoxy) is 1. The van der Waals surface area contributed by atoms with Gasteiger partial charge >= 0.3 is 12.1 Å². The van der Waals surface area contributed by atoms with Crippen LogP contribution in [0.25, 0.3) is 0 Å². The highest BCUT2D eigenvalue weighted by Crippen LogP contribution is 2.19. The van der Waals surface area contributed by atoms with E-state index < -0.39 is 25.2 Å². The highest BCUT2D eigenvalue weighted by Gasteiger charge is 2.26. The van der Waals surface area contributed by atoms with E-state index in [0.717, 1.165) is 0 Å². The predicted molar refractivity (Wildman–Crippen MR) is 53.7 cm³/mol. The molecule has 1 aromatic rings. The lowest BCUT2D eigenvalue weighted by atomic mass is 10.1. The Morgan fingerprint density at radius 3 is 2.53 bits per heavy atom. The van der Waals surface area contributed by atoms with E-state index in [2.05, 4.69) is 0 Å². The molecule has 0 saturated carbocycles. The standard InChI is InChI=1S/C11H11F3O3/c12-11(13,14)5-6-17-7-8-3-1-2-4-9(8)10(15)16/h1-4H,5-7H2,(H,15,16). The summed E-state index contributed by atoms with van der Waals surface area (Å²) in [4.78, 5) is 10.8. The van der Waals surface area contributed by atoms with E-state index in [9.17, 15) is 18.0 Å². The zero-order valence-corrected chi connectivity index (χ0v) is 8.83. The van der Waals surface area contributed by atoms with Gasteiger partial charge in [0.15, 0.2) is 0 Å². The molecular formula is C11H11F3O3. The second-order valence-corrected chi connectivity index (χ2v) is 3.38. The van der Waals surface area contributed by atoms with Gasteiger partial charge in [0.2, 0.25) is 0 Å². The number of halogens is 3. The van der Waals surface area contributed by atoms with Crippen molar-refractivity contribution in [2.45, 2.75) is 19.2 Å². The van der Waals surface area contributed by atoms with Gasteiger partial charge in [-0.15, -0.1) is 0 Å². The zero-order chi connectivity index (χ0) is 12.9. The zero-order valence-electron chi connectivity index (χ0n) is 8.83. The van der Waals surface area contributed by atoms with Crippen molar-refractivity contribution in [3.05, 3.63) is 35.4 Å². The largest absolute Gasteiger partial charge is 0.478 e. The summed E-state index contributed by atoms with van der Waals surface area (Å²) in [5.74, 6) is -1.12. The monoisotopic (exact) mass is 248 g/mol. The average Bonchev–Trinajstić information content (AvgIpc) is 2.23. The summed E-state index contributed by atoms with van der Waals surface area (Å²) in [5.41, 5.74) is 0.404. The molecule has 0 atom stereocenters. The molecule has 0 bridgehead atoms. The summed E-state index contributed by atoms with van der Waals surface area (Å²) in [6.07, 6.45) is -5.30. The van der Waals surface area contributed by atoms with Crippen molar-refractivity contribution in [2.75, 3.05) is 6.61 Å². The Hall–Kier alpha value is -1.56. The summed E-state index contributed by atoms with van der Waals surface area (Å²) in [7, 11) is 0. The molecule has 0 aliphatic rings. The maximum Gasteiger partial charge on any atom is 0.391 e. The SMILES string of the molecule is O=C(O)c1ccccc1COCCC(F)(F)F. The van der Waals surface area contributed by atoms with Crippen LogP contribution in [0, 0.1) is 0 Å². The maximum absolute atomic E-state index is 11.8. The van der Waals surface area contributed by atoms with Crippen LogP contribution in [0.2, 0.25) is 0 Å². The van der Waals surface area contributed by atoms with Crippen LogP contribution in [0.4, 0.5) is 13.2 Å². The summed E-state index contributed by atoms with van der Waals surface area (Å²) in [6.45, 7) is -0.615. The normalized spacial score (nSPS) is 11.5. The number of carboxylic acids is 1. The smallest absolute Gasteiger partial charge is 0.391 e. The molecule has 6 heteroatoms. The Bertz CT molecular complexity index is 388. The van der Waals surface area contributed by atoms with Crippen LogP contribution < -0.4 is 0 Å². The van der Waals surface area contributed by atoms with Crippen molar-refractivity contribution in [1.82, 2.24) is 0 Å². The molecule has 0 aliphatic heterocycles. The first-order valence-corrected chi connectivity index (χ1v) is 4.86. The first-order chi connectivity index (χ1) is 7.90. The molecule has 94 valence electrons. The lowest BCUT2D eigenvalue weighted by Gasteiger charge is -2.08. The van der Waals surface area contributed by atoms with Gasteiger partial charge in [-0.25, -0.2) is 4.79 Å². The molecule has 0 saturated heterocycles. The Morgan fingerprint density at radius 1 is 1.29 bits per heavy atom. The third-order valence-electron chi connectivity index (χ3n) is 2.04. The Labute approximate surface area is 95.8 Å². The fourth-order valence-corrected chi connectivity index (χ4v) is 1.22. The molecule has 1 rings (SSSR count). The second kappa shape index (κ2) is 5.67. The number of hydrogen-bond donors (Lipinski definition) is 1. The molecule has 0 unspecified atom stereocenters. The number of aromatic carboxylic acids is 1. The van der Waals surface area contributed by atoms with Crippen LogP contribution in [0.5, 0.6) is 0 Å². The van der Waals surface area contributed by atoms with Crippen molar-refractivity contribution in [3.8, 4) is 0 Å². The van der Waals surface area contributed by atoms with Gasteiger partial charge in [-0.2, -0.15) is 13.2 Å². The molecular weight excluding hydrogens is 237 g/mol. The molecule has 3 nitrogen and oxygen atoms in total. The Kier molecular flexibility index (Phi) is 4.51. The first-order valence-electron chi connectivity index (χ1n) is 4.86. The minimum absolute atomic E-state index is 0.0412. The molecule has 1 N–H and O–H groups in total. The fraction of sp³-hybridized carbons (Fsp3) is 0.364. The van der Waals surface area contributed by atoms with E-state index in [0.29, 0.717) is 5.56 Å². The average molecular weight is 248 g/mol. The lowest BCUT2D eigenvalue weighted by molar-refractivity contribution is -0.146. The summed E-state index contributed by atoms with van der Waals surface area (Å²) in [6, 6.07) is 6.04. The van der Waals surface area contributed by atoms with E-state index in [-0.39, 0.29) is 12.2 Å². The summed E-state index contributed by atoms with van der Waals surface area (Å²) in [5, 5.41) is 8.82. The van der Waals surface area contributed by atoms with Gasteiger partial charge in [0.05, 0.1) is 25.2 Å². The molecule has 0 spiro atoms. The van der Waals surface area contributed by atoms with Crippen molar-refractivity contribution in [2.24, 2.45) is 0 Å². The van der Waals surface area contributed by atoms with E-state index in [1.54, 1.807) is 12.1 Å². The van der Waals surface area contributed by atoms with Crippen LogP contribution in [-0.2, 0) is 11.3 Å². The van der Waals surface area contributed by atoms with E-state index in [1.165, 1.54) is 12.1 Å². The number of carboxylic acid groups (broad SMARTS) is 1. The molecule has 0 fully saturated rings. The van der Waals surface area contributed by atoms with Gasteiger partial charge in [0, 0.05) is 0 Å². The van der Waals surface area contributed by atoms with Crippen molar-refractivity contribution in [1.29, 1.82) is 0 Å². The minimum atomic E-state index is -4.26. The topological polar surface area (TPSA) is 46.5 Å². The molecule has 0 aliphatic carbocycles. The minimum Gasteiger partial charge on any atom is -0.478 e. The van der Waals surface area contributed by atoms with E-state index in [1.807, 2.05) is 0 Å². The van der Waals surface area contributed by atoms with Crippen LogP contribution in [0.15, 0.2) is 24.3 Å². The van der Waals surface area contributed by atoms with E-state index >= 15 is 0 Å². The van der Waals surface area contributed by atoms with E-state index in [4.69, 9.17) is 9.84 Å². The molecule has 0 aromatic heterocycles. The van der Waals surface area contributed by atoms with Gasteiger partial charge < -0.3 is 9.84 Å².